The summed E-state index contributed by atoms with van der Waals surface area (Å²) < 4.78 is 5.36. The molecule has 0 amide bonds. The van der Waals surface area contributed by atoms with E-state index < -0.39 is 0 Å². The third kappa shape index (κ3) is 1.65. The minimum Gasteiger partial charge on any atom is -0.463 e. The average Bonchev–Trinajstić information content (AvgIpc) is 2.75. The topological polar surface area (TPSA) is 55.3 Å². The van der Waals surface area contributed by atoms with Gasteiger partial charge in [-0.15, -0.1) is 0 Å². The summed E-state index contributed by atoms with van der Waals surface area (Å²) in [4.78, 5) is 6.65. The van der Waals surface area contributed by atoms with Crippen LogP contribution in [-0.4, -0.2) is 24.1 Å². The molecule has 3 heterocycles. The molecule has 2 N–H and O–H groups in total. The Kier molecular flexibility index (Phi) is 2.29. The van der Waals surface area contributed by atoms with Crippen molar-refractivity contribution in [1.29, 1.82) is 0 Å². The highest BCUT2D eigenvalue weighted by Crippen LogP contribution is 2.23. The number of hydrogen-bond donors (Lipinski definition) is 1. The highest BCUT2D eigenvalue weighted by Gasteiger charge is 2.17. The van der Waals surface area contributed by atoms with Crippen LogP contribution in [0.5, 0.6) is 0 Å². The Morgan fingerprint density at radius 1 is 1.50 bits per heavy atom. The van der Waals surface area contributed by atoms with Crippen molar-refractivity contribution in [3.8, 4) is 0 Å². The number of anilines is 1. The second-order valence-corrected chi connectivity index (χ2v) is 4.35. The zero-order chi connectivity index (χ0) is 11.0. The van der Waals surface area contributed by atoms with E-state index in [0.717, 1.165) is 42.7 Å². The van der Waals surface area contributed by atoms with Crippen LogP contribution in [0.3, 0.4) is 0 Å². The molecule has 0 aromatic carbocycles. The fraction of sp³-hybridized carbons (Fsp3) is 0.417. The predicted molar refractivity (Wildman–Crippen MR) is 63.4 cm³/mol. The van der Waals surface area contributed by atoms with Gasteiger partial charge >= 0.3 is 0 Å². The zero-order valence-electron chi connectivity index (χ0n) is 9.10. The Hall–Kier alpha value is -1.55. The predicted octanol–water partition coefficient (Wildman–Crippen LogP) is 1.76. The van der Waals surface area contributed by atoms with Crippen LogP contribution in [0.4, 0.5) is 5.69 Å². The van der Waals surface area contributed by atoms with Gasteiger partial charge in [0.15, 0.2) is 5.58 Å². The van der Waals surface area contributed by atoms with Crippen molar-refractivity contribution in [2.24, 2.45) is 5.73 Å². The summed E-state index contributed by atoms with van der Waals surface area (Å²) in [5.41, 5.74) is 8.83. The molecule has 84 valence electrons. The summed E-state index contributed by atoms with van der Waals surface area (Å²) in [7, 11) is 0. The number of furan rings is 1. The van der Waals surface area contributed by atoms with Crippen molar-refractivity contribution >= 4 is 16.8 Å². The maximum absolute atomic E-state index is 5.97. The first kappa shape index (κ1) is 9.66. The maximum atomic E-state index is 5.97. The van der Waals surface area contributed by atoms with Gasteiger partial charge in [-0.2, -0.15) is 0 Å². The van der Waals surface area contributed by atoms with Gasteiger partial charge in [-0.1, -0.05) is 0 Å². The highest BCUT2D eigenvalue weighted by atomic mass is 16.3. The zero-order valence-corrected chi connectivity index (χ0v) is 9.10. The molecule has 3 rings (SSSR count). The lowest BCUT2D eigenvalue weighted by Gasteiger charge is -2.32. The Labute approximate surface area is 94.0 Å². The van der Waals surface area contributed by atoms with Crippen molar-refractivity contribution in [2.45, 2.75) is 18.9 Å². The molecule has 4 heteroatoms. The number of hydrogen-bond acceptors (Lipinski definition) is 4. The molecule has 0 saturated carbocycles. The van der Waals surface area contributed by atoms with E-state index >= 15 is 0 Å². The van der Waals surface area contributed by atoms with Crippen LogP contribution in [0.1, 0.15) is 12.8 Å². The van der Waals surface area contributed by atoms with Crippen LogP contribution in [0, 0.1) is 0 Å². The van der Waals surface area contributed by atoms with Crippen LogP contribution in [-0.2, 0) is 0 Å². The molecule has 0 aliphatic carbocycles. The van der Waals surface area contributed by atoms with Crippen molar-refractivity contribution in [1.82, 2.24) is 4.98 Å². The summed E-state index contributed by atoms with van der Waals surface area (Å²) in [5.74, 6) is 0. The van der Waals surface area contributed by atoms with Crippen molar-refractivity contribution in [3.05, 3.63) is 24.6 Å². The summed E-state index contributed by atoms with van der Waals surface area (Å²) in [6.45, 7) is 1.97. The Balaban J connectivity index is 1.92. The van der Waals surface area contributed by atoms with E-state index in [4.69, 9.17) is 10.2 Å². The molecule has 1 atom stereocenters. The largest absolute Gasteiger partial charge is 0.463 e. The summed E-state index contributed by atoms with van der Waals surface area (Å²) in [5, 5.41) is 0. The average molecular weight is 217 g/mol. The molecular formula is C12H15N3O. The van der Waals surface area contributed by atoms with Gasteiger partial charge in [0, 0.05) is 31.3 Å². The Bertz CT molecular complexity index is 494. The van der Waals surface area contributed by atoms with E-state index in [1.165, 1.54) is 0 Å². The van der Waals surface area contributed by atoms with E-state index in [2.05, 4.69) is 9.88 Å². The second kappa shape index (κ2) is 3.79. The van der Waals surface area contributed by atoms with Crippen LogP contribution in [0.25, 0.3) is 11.1 Å². The fourth-order valence-electron chi connectivity index (χ4n) is 2.25. The Morgan fingerprint density at radius 3 is 3.31 bits per heavy atom. The molecule has 0 spiro atoms. The van der Waals surface area contributed by atoms with Gasteiger partial charge < -0.3 is 15.1 Å². The molecule has 2 aromatic rings. The van der Waals surface area contributed by atoms with Crippen molar-refractivity contribution in [2.75, 3.05) is 18.0 Å². The van der Waals surface area contributed by atoms with Gasteiger partial charge in [0.05, 0.1) is 18.1 Å². The molecule has 1 aliphatic heterocycles. The fourth-order valence-corrected chi connectivity index (χ4v) is 2.25. The first-order valence-corrected chi connectivity index (χ1v) is 5.67. The van der Waals surface area contributed by atoms with E-state index in [0.29, 0.717) is 0 Å². The second-order valence-electron chi connectivity index (χ2n) is 4.35. The number of nitrogens with zero attached hydrogens (tertiary/aromatic N) is 2. The van der Waals surface area contributed by atoms with Crippen molar-refractivity contribution in [3.63, 3.8) is 0 Å². The first-order valence-electron chi connectivity index (χ1n) is 5.67. The Morgan fingerprint density at radius 2 is 2.44 bits per heavy atom. The third-order valence-electron chi connectivity index (χ3n) is 3.11. The molecule has 0 unspecified atom stereocenters. The lowest BCUT2D eigenvalue weighted by molar-refractivity contribution is 0.505. The van der Waals surface area contributed by atoms with Crippen LogP contribution in [0.2, 0.25) is 0 Å². The molecule has 0 bridgehead atoms. The standard InChI is InChI=1S/C12H15N3O/c13-9-2-1-4-15(8-9)10-6-12-11(14-7-10)3-5-16-12/h3,5-7,9H,1-2,4,8,13H2/t9-/m0/s1. The normalized spacial score (nSPS) is 21.6. The van der Waals surface area contributed by atoms with Crippen LogP contribution in [0.15, 0.2) is 29.0 Å². The maximum Gasteiger partial charge on any atom is 0.154 e. The highest BCUT2D eigenvalue weighted by molar-refractivity contribution is 5.76. The lowest BCUT2D eigenvalue weighted by atomic mass is 10.1. The summed E-state index contributed by atoms with van der Waals surface area (Å²) in [6.07, 6.45) is 5.84. The smallest absolute Gasteiger partial charge is 0.154 e. The monoisotopic (exact) mass is 217 g/mol. The van der Waals surface area contributed by atoms with E-state index in [-0.39, 0.29) is 6.04 Å². The number of nitrogens with two attached hydrogens (primary N) is 1. The molecule has 2 aromatic heterocycles. The van der Waals surface area contributed by atoms with Gasteiger partial charge in [0.25, 0.3) is 0 Å². The van der Waals surface area contributed by atoms with Crippen LogP contribution >= 0.6 is 0 Å². The number of fused-ring (bicyclic) bond motifs is 1. The van der Waals surface area contributed by atoms with Gasteiger partial charge in [-0.25, -0.2) is 0 Å². The molecule has 0 radical (unpaired) electrons. The number of pyridine rings is 1. The molecule has 1 fully saturated rings. The SMILES string of the molecule is N[C@H]1CCCN(c2cnc3ccoc3c2)C1. The van der Waals surface area contributed by atoms with Gasteiger partial charge in [0.1, 0.15) is 5.52 Å². The van der Waals surface area contributed by atoms with E-state index in [1.54, 1.807) is 6.26 Å². The summed E-state index contributed by atoms with van der Waals surface area (Å²) in [6, 6.07) is 4.20. The molecular weight excluding hydrogens is 202 g/mol. The molecule has 4 nitrogen and oxygen atoms in total. The minimum absolute atomic E-state index is 0.279. The molecule has 16 heavy (non-hydrogen) atoms. The number of rotatable bonds is 1. The van der Waals surface area contributed by atoms with Gasteiger partial charge in [0.2, 0.25) is 0 Å². The van der Waals surface area contributed by atoms with E-state index in [1.807, 2.05) is 18.3 Å². The van der Waals surface area contributed by atoms with Gasteiger partial charge in [-0.3, -0.25) is 4.98 Å². The number of aromatic nitrogens is 1. The third-order valence-corrected chi connectivity index (χ3v) is 3.11. The molecule has 1 saturated heterocycles. The van der Waals surface area contributed by atoms with Crippen molar-refractivity contribution < 1.29 is 4.42 Å². The summed E-state index contributed by atoms with van der Waals surface area (Å²) >= 11 is 0. The molecule has 1 aliphatic rings. The minimum atomic E-state index is 0.279. The first-order chi connectivity index (χ1) is 7.83. The number of piperidine rings is 1. The quantitative estimate of drug-likeness (QED) is 0.790. The van der Waals surface area contributed by atoms with Gasteiger partial charge in [-0.05, 0) is 12.8 Å². The van der Waals surface area contributed by atoms with E-state index in [9.17, 15) is 0 Å². The van der Waals surface area contributed by atoms with Crippen LogP contribution < -0.4 is 10.6 Å². The lowest BCUT2D eigenvalue weighted by Crippen LogP contribution is -2.42.